The van der Waals surface area contributed by atoms with Gasteiger partial charge in [-0.1, -0.05) is 0 Å². The minimum atomic E-state index is -3.34. The Balaban J connectivity index is 2.27. The van der Waals surface area contributed by atoms with Crippen molar-refractivity contribution < 1.29 is 17.9 Å². The number of nitrogens with zero attached hydrogens (tertiary/aromatic N) is 2. The predicted octanol–water partition coefficient (Wildman–Crippen LogP) is -0.165. The van der Waals surface area contributed by atoms with Gasteiger partial charge in [0.05, 0.1) is 12.9 Å². The Kier molecular flexibility index (Phi) is 5.97. The molecule has 0 aromatic carbocycles. The van der Waals surface area contributed by atoms with Crippen LogP contribution in [0.15, 0.2) is 12.3 Å². The van der Waals surface area contributed by atoms with Crippen LogP contribution in [-0.4, -0.2) is 43.6 Å². The smallest absolute Gasteiger partial charge is 0.305 e. The molecule has 7 nitrogen and oxygen atoms in total. The van der Waals surface area contributed by atoms with E-state index in [4.69, 9.17) is 0 Å². The monoisotopic (exact) mass is 289 g/mol. The van der Waals surface area contributed by atoms with E-state index in [1.165, 1.54) is 7.11 Å². The van der Waals surface area contributed by atoms with Crippen LogP contribution in [-0.2, 0) is 33.0 Å². The first-order chi connectivity index (χ1) is 8.94. The van der Waals surface area contributed by atoms with E-state index in [9.17, 15) is 13.2 Å². The molecule has 108 valence electrons. The summed E-state index contributed by atoms with van der Waals surface area (Å²) in [5, 5.41) is 4.00. The molecule has 1 rings (SSSR count). The van der Waals surface area contributed by atoms with E-state index in [0.29, 0.717) is 13.0 Å². The van der Waals surface area contributed by atoms with E-state index >= 15 is 0 Å². The molecule has 1 N–H and O–H groups in total. The zero-order valence-electron chi connectivity index (χ0n) is 11.1. The summed E-state index contributed by atoms with van der Waals surface area (Å²) in [4.78, 5) is 10.9. The molecule has 0 amide bonds. The van der Waals surface area contributed by atoms with Crippen LogP contribution in [0, 0.1) is 0 Å². The highest BCUT2D eigenvalue weighted by Crippen LogP contribution is 1.99. The molecule has 1 aromatic rings. The average molecular weight is 289 g/mol. The second-order valence-corrected chi connectivity index (χ2v) is 6.02. The van der Waals surface area contributed by atoms with Gasteiger partial charge in [0.15, 0.2) is 0 Å². The summed E-state index contributed by atoms with van der Waals surface area (Å²) >= 11 is 0. The van der Waals surface area contributed by atoms with Crippen LogP contribution in [0.2, 0.25) is 0 Å². The lowest BCUT2D eigenvalue weighted by Gasteiger charge is -2.06. The van der Waals surface area contributed by atoms with Crippen molar-refractivity contribution in [1.82, 2.24) is 14.5 Å². The molecule has 8 heteroatoms. The maximum atomic E-state index is 11.6. The number of aryl methyl sites for hydroxylation is 1. The van der Waals surface area contributed by atoms with Gasteiger partial charge in [-0.2, -0.15) is 5.10 Å². The Hall–Kier alpha value is -1.41. The van der Waals surface area contributed by atoms with E-state index in [-0.39, 0.29) is 18.6 Å². The Morgan fingerprint density at radius 1 is 1.53 bits per heavy atom. The fraction of sp³-hybridized carbons (Fsp3) is 0.636. The molecule has 0 bridgehead atoms. The fourth-order valence-electron chi connectivity index (χ4n) is 1.56. The van der Waals surface area contributed by atoms with Gasteiger partial charge in [-0.3, -0.25) is 9.48 Å². The molecule has 0 spiro atoms. The van der Waals surface area contributed by atoms with Gasteiger partial charge in [0.25, 0.3) is 0 Å². The highest BCUT2D eigenvalue weighted by molar-refractivity contribution is 7.89. The Labute approximate surface area is 113 Å². The molecule has 1 heterocycles. The number of rotatable bonds is 8. The highest BCUT2D eigenvalue weighted by Gasteiger charge is 2.11. The maximum absolute atomic E-state index is 11.6. The molecule has 19 heavy (non-hydrogen) atoms. The first-order valence-electron chi connectivity index (χ1n) is 5.95. The van der Waals surface area contributed by atoms with E-state index in [1.54, 1.807) is 17.9 Å². The molecule has 0 saturated heterocycles. The number of carbonyl (C=O) groups is 1. The van der Waals surface area contributed by atoms with Crippen LogP contribution < -0.4 is 4.72 Å². The average Bonchev–Trinajstić information content (AvgIpc) is 2.74. The van der Waals surface area contributed by atoms with Crippen LogP contribution >= 0.6 is 0 Å². The number of esters is 1. The van der Waals surface area contributed by atoms with E-state index in [0.717, 1.165) is 5.69 Å². The van der Waals surface area contributed by atoms with Gasteiger partial charge in [0.1, 0.15) is 0 Å². The summed E-state index contributed by atoms with van der Waals surface area (Å²) in [5.41, 5.74) is 0.956. The molecule has 0 aliphatic rings. The van der Waals surface area contributed by atoms with Crippen LogP contribution in [0.4, 0.5) is 0 Å². The predicted molar refractivity (Wildman–Crippen MR) is 70.0 cm³/mol. The summed E-state index contributed by atoms with van der Waals surface area (Å²) in [6.07, 6.45) is 2.61. The maximum Gasteiger partial charge on any atom is 0.305 e. The summed E-state index contributed by atoms with van der Waals surface area (Å²) in [6, 6.07) is 1.84. The zero-order chi connectivity index (χ0) is 14.3. The van der Waals surface area contributed by atoms with Crippen molar-refractivity contribution in [3.05, 3.63) is 18.0 Å². The van der Waals surface area contributed by atoms with Gasteiger partial charge in [0, 0.05) is 38.3 Å². The molecular formula is C11H19N3O4S. The van der Waals surface area contributed by atoms with Crippen molar-refractivity contribution in [1.29, 1.82) is 0 Å². The summed E-state index contributed by atoms with van der Waals surface area (Å²) in [6.45, 7) is 0.320. The van der Waals surface area contributed by atoms with Crippen molar-refractivity contribution in [2.24, 2.45) is 7.05 Å². The number of hydrogen-bond donors (Lipinski definition) is 1. The third-order valence-electron chi connectivity index (χ3n) is 2.65. The van der Waals surface area contributed by atoms with E-state index in [1.807, 2.05) is 6.07 Å². The van der Waals surface area contributed by atoms with Gasteiger partial charge < -0.3 is 4.74 Å². The zero-order valence-corrected chi connectivity index (χ0v) is 11.9. The second-order valence-electron chi connectivity index (χ2n) is 4.09. The van der Waals surface area contributed by atoms with Crippen LogP contribution in [0.1, 0.15) is 18.5 Å². The van der Waals surface area contributed by atoms with E-state index < -0.39 is 16.0 Å². The van der Waals surface area contributed by atoms with Crippen molar-refractivity contribution in [2.45, 2.75) is 19.3 Å². The first kappa shape index (κ1) is 15.6. The minimum absolute atomic E-state index is 0.0759. The lowest BCUT2D eigenvalue weighted by atomic mass is 10.3. The molecule has 0 saturated carbocycles. The van der Waals surface area contributed by atoms with Crippen LogP contribution in [0.25, 0.3) is 0 Å². The van der Waals surface area contributed by atoms with Gasteiger partial charge >= 0.3 is 5.97 Å². The summed E-state index contributed by atoms with van der Waals surface area (Å²) < 4.78 is 31.9. The van der Waals surface area contributed by atoms with Gasteiger partial charge in [-0.05, 0) is 12.5 Å². The lowest BCUT2D eigenvalue weighted by molar-refractivity contribution is -0.140. The largest absolute Gasteiger partial charge is 0.469 e. The third-order valence-corrected chi connectivity index (χ3v) is 4.12. The Bertz CT molecular complexity index is 510. The van der Waals surface area contributed by atoms with Crippen molar-refractivity contribution in [2.75, 3.05) is 19.4 Å². The number of methoxy groups -OCH3 is 1. The summed E-state index contributed by atoms with van der Waals surface area (Å²) in [5.74, 6) is -0.474. The normalized spacial score (nSPS) is 11.5. The number of nitrogens with one attached hydrogen (secondary N) is 1. The number of hydrogen-bond acceptors (Lipinski definition) is 5. The SMILES string of the molecule is COC(=O)CCCS(=O)(=O)NCCc1ccnn1C. The van der Waals surface area contributed by atoms with Crippen LogP contribution in [0.3, 0.4) is 0 Å². The number of carbonyl (C=O) groups excluding carboxylic acids is 1. The standard InChI is InChI=1S/C11H19N3O4S/c1-14-10(5-7-12-14)6-8-13-19(16,17)9-3-4-11(15)18-2/h5,7,13H,3-4,6,8-9H2,1-2H3. The topological polar surface area (TPSA) is 90.3 Å². The summed E-state index contributed by atoms with van der Waals surface area (Å²) in [7, 11) is -0.253. The van der Waals surface area contributed by atoms with Crippen molar-refractivity contribution in [3.63, 3.8) is 0 Å². The number of sulfonamides is 1. The molecular weight excluding hydrogens is 270 g/mol. The lowest BCUT2D eigenvalue weighted by Crippen LogP contribution is -2.29. The van der Waals surface area contributed by atoms with E-state index in [2.05, 4.69) is 14.6 Å². The Morgan fingerprint density at radius 2 is 2.26 bits per heavy atom. The highest BCUT2D eigenvalue weighted by atomic mass is 32.2. The van der Waals surface area contributed by atoms with Gasteiger partial charge in [-0.15, -0.1) is 0 Å². The van der Waals surface area contributed by atoms with Gasteiger partial charge in [0.2, 0.25) is 10.0 Å². The Morgan fingerprint density at radius 3 is 2.84 bits per heavy atom. The van der Waals surface area contributed by atoms with Gasteiger partial charge in [-0.25, -0.2) is 13.1 Å². The quantitative estimate of drug-likeness (QED) is 0.671. The molecule has 0 aliphatic heterocycles. The fourth-order valence-corrected chi connectivity index (χ4v) is 2.64. The number of aromatic nitrogens is 2. The molecule has 0 unspecified atom stereocenters. The molecule has 0 aliphatic carbocycles. The van der Waals surface area contributed by atoms with Crippen molar-refractivity contribution >= 4 is 16.0 Å². The second kappa shape index (κ2) is 7.25. The van der Waals surface area contributed by atoms with Crippen molar-refractivity contribution in [3.8, 4) is 0 Å². The molecule has 0 fully saturated rings. The molecule has 0 atom stereocenters. The minimum Gasteiger partial charge on any atom is -0.469 e. The van der Waals surface area contributed by atoms with Crippen LogP contribution in [0.5, 0.6) is 0 Å². The molecule has 1 aromatic heterocycles. The first-order valence-corrected chi connectivity index (χ1v) is 7.61. The molecule has 0 radical (unpaired) electrons. The number of ether oxygens (including phenoxy) is 1. The third kappa shape index (κ3) is 5.84.